The second-order valence-corrected chi connectivity index (χ2v) is 10.2. The summed E-state index contributed by atoms with van der Waals surface area (Å²) in [5.74, 6) is -3.61. The molecule has 2 saturated heterocycles. The van der Waals surface area contributed by atoms with Crippen molar-refractivity contribution in [2.24, 2.45) is 10.7 Å². The average Bonchev–Trinajstić information content (AvgIpc) is 3.05. The molecule has 3 unspecified atom stereocenters. The molecule has 0 spiro atoms. The van der Waals surface area contributed by atoms with Crippen LogP contribution in [-0.4, -0.2) is 83.9 Å². The zero-order chi connectivity index (χ0) is 25.2. The van der Waals surface area contributed by atoms with E-state index in [0.717, 1.165) is 4.90 Å². The molecule has 1 amide bonds. The van der Waals surface area contributed by atoms with Crippen LogP contribution in [0.2, 0.25) is 0 Å². The van der Waals surface area contributed by atoms with Crippen molar-refractivity contribution < 1.29 is 37.0 Å². The first-order valence-electron chi connectivity index (χ1n) is 11.1. The van der Waals surface area contributed by atoms with Gasteiger partial charge in [0.25, 0.3) is 0 Å². The molecule has 0 saturated carbocycles. The molecule has 4 rings (SSSR count). The quantitative estimate of drug-likeness (QED) is 0.437. The number of alkyl halides is 2. The number of likely N-dealkylation sites (N-methyl/N-ethyl adjacent to an activating group) is 1. The van der Waals surface area contributed by atoms with Crippen molar-refractivity contribution in [1.29, 1.82) is 0 Å². The number of ether oxygens (including phenoxy) is 1. The van der Waals surface area contributed by atoms with Crippen LogP contribution in [0.3, 0.4) is 0 Å². The Morgan fingerprint density at radius 1 is 1.37 bits per heavy atom. The van der Waals surface area contributed by atoms with Crippen molar-refractivity contribution in [3.05, 3.63) is 42.6 Å². The van der Waals surface area contributed by atoms with Crippen molar-refractivity contribution in [3.8, 4) is 5.75 Å². The lowest BCUT2D eigenvalue weighted by Gasteiger charge is -2.32. The van der Waals surface area contributed by atoms with E-state index in [4.69, 9.17) is 19.5 Å². The monoisotopic (exact) mass is 515 g/mol. The zero-order valence-corrected chi connectivity index (χ0v) is 19.9. The number of likely N-dealkylation sites (tertiary alicyclic amines) is 1. The van der Waals surface area contributed by atoms with Gasteiger partial charge in [-0.05, 0) is 31.1 Å². The van der Waals surface area contributed by atoms with Crippen LogP contribution in [-0.2, 0) is 18.6 Å². The Balaban J connectivity index is 1.48. The fraction of sp³-hybridized carbons (Fsp3) is 0.524. The van der Waals surface area contributed by atoms with Gasteiger partial charge < -0.3 is 29.9 Å². The topological polar surface area (TPSA) is 139 Å². The van der Waals surface area contributed by atoms with E-state index < -0.39 is 44.8 Å². The Labute approximate surface area is 201 Å². The smallest absolute Gasteiger partial charge is 0.413 e. The number of carbonyl (C=O) groups is 1. The SMILES string of the molecule is CN1CCCC(NP(=O)(OCC2O[C@@H](N3C=CC(N)=NC3)C(F)(F)[C@@H]2O)Oc2ccccc2)C1=O. The first-order valence-corrected chi connectivity index (χ1v) is 12.6. The molecule has 11 nitrogen and oxygen atoms in total. The first kappa shape index (κ1) is 25.5. The van der Waals surface area contributed by atoms with Crippen LogP contribution in [0.1, 0.15) is 12.8 Å². The van der Waals surface area contributed by atoms with E-state index in [1.165, 1.54) is 29.3 Å². The Morgan fingerprint density at radius 2 is 2.11 bits per heavy atom. The number of aliphatic hydroxyl groups excluding tert-OH is 1. The number of nitrogens with zero attached hydrogens (tertiary/aromatic N) is 3. The van der Waals surface area contributed by atoms with Crippen LogP contribution < -0.4 is 15.3 Å². The number of amidine groups is 1. The molecule has 3 aliphatic heterocycles. The standard InChI is InChI=1S/C21H28F2N5O6P/c1-27-10-5-8-15(19(27)30)26-35(31,34-14-6-3-2-4-7-14)32-12-16-18(29)21(22,23)20(33-16)28-11-9-17(24)25-13-28/h2-4,6-7,9,11,15-16,18,20,29H,5,8,10,12-13H2,1H3,(H2,24,25)(H,26,31)/t15?,16?,18-,20-,35?/m1/s1. The largest absolute Gasteiger partial charge is 0.459 e. The number of hydrogen-bond donors (Lipinski definition) is 3. The molecule has 3 aliphatic rings. The van der Waals surface area contributed by atoms with Gasteiger partial charge in [-0.2, -0.15) is 13.9 Å². The summed E-state index contributed by atoms with van der Waals surface area (Å²) in [7, 11) is -2.63. The maximum absolute atomic E-state index is 14.8. The van der Waals surface area contributed by atoms with Crippen molar-refractivity contribution in [2.45, 2.75) is 43.2 Å². The van der Waals surface area contributed by atoms with Gasteiger partial charge in [-0.25, -0.2) is 9.56 Å². The Bertz CT molecular complexity index is 1030. The van der Waals surface area contributed by atoms with E-state index in [2.05, 4.69) is 10.1 Å². The summed E-state index contributed by atoms with van der Waals surface area (Å²) >= 11 is 0. The van der Waals surface area contributed by atoms with Crippen molar-refractivity contribution in [2.75, 3.05) is 26.9 Å². The average molecular weight is 515 g/mol. The zero-order valence-electron chi connectivity index (χ0n) is 19.0. The van der Waals surface area contributed by atoms with Crippen LogP contribution >= 0.6 is 7.75 Å². The minimum absolute atomic E-state index is 0.177. The molecule has 14 heteroatoms. The van der Waals surface area contributed by atoms with E-state index >= 15 is 0 Å². The highest BCUT2D eigenvalue weighted by molar-refractivity contribution is 7.52. The van der Waals surface area contributed by atoms with Gasteiger partial charge in [0.2, 0.25) is 5.91 Å². The molecule has 4 N–H and O–H groups in total. The summed E-state index contributed by atoms with van der Waals surface area (Å²) in [6, 6.07) is 7.24. The number of nitrogens with one attached hydrogen (secondary N) is 1. The fourth-order valence-electron chi connectivity index (χ4n) is 3.97. The number of aliphatic imine (C=N–C) groups is 1. The van der Waals surface area contributed by atoms with Gasteiger partial charge in [-0.3, -0.25) is 9.32 Å². The van der Waals surface area contributed by atoms with Crippen LogP contribution in [0.5, 0.6) is 5.75 Å². The Hall–Kier alpha value is -2.57. The van der Waals surface area contributed by atoms with Gasteiger partial charge >= 0.3 is 13.7 Å². The van der Waals surface area contributed by atoms with Crippen LogP contribution in [0.15, 0.2) is 47.6 Å². The number of halogens is 2. The van der Waals surface area contributed by atoms with E-state index in [0.29, 0.717) is 19.4 Å². The maximum atomic E-state index is 14.8. The van der Waals surface area contributed by atoms with Crippen LogP contribution in [0, 0.1) is 0 Å². The number of aliphatic hydroxyl groups is 1. The lowest BCUT2D eigenvalue weighted by atomic mass is 10.1. The number of carbonyl (C=O) groups excluding carboxylic acids is 1. The van der Waals surface area contributed by atoms with Crippen molar-refractivity contribution >= 4 is 19.5 Å². The van der Waals surface area contributed by atoms with Crippen molar-refractivity contribution in [3.63, 3.8) is 0 Å². The number of amides is 1. The lowest BCUT2D eigenvalue weighted by molar-refractivity contribution is -0.155. The highest BCUT2D eigenvalue weighted by atomic mass is 31.2. The van der Waals surface area contributed by atoms with Gasteiger partial charge in [0, 0.05) is 19.8 Å². The third-order valence-electron chi connectivity index (χ3n) is 5.89. The first-order chi connectivity index (χ1) is 16.6. The number of rotatable bonds is 8. The van der Waals surface area contributed by atoms with Gasteiger partial charge in [-0.1, -0.05) is 18.2 Å². The highest BCUT2D eigenvalue weighted by Gasteiger charge is 2.60. The minimum Gasteiger partial charge on any atom is -0.413 e. The molecule has 192 valence electrons. The minimum atomic E-state index is -4.25. The Morgan fingerprint density at radius 3 is 2.80 bits per heavy atom. The second kappa shape index (κ2) is 10.2. The van der Waals surface area contributed by atoms with E-state index in [-0.39, 0.29) is 24.2 Å². The van der Waals surface area contributed by atoms with E-state index in [1.807, 2.05) is 0 Å². The summed E-state index contributed by atoms with van der Waals surface area (Å²) in [5, 5.41) is 12.9. The summed E-state index contributed by atoms with van der Waals surface area (Å²) < 4.78 is 59.7. The maximum Gasteiger partial charge on any atom is 0.459 e. The predicted octanol–water partition coefficient (Wildman–Crippen LogP) is 1.27. The number of hydrogen-bond acceptors (Lipinski definition) is 9. The summed E-state index contributed by atoms with van der Waals surface area (Å²) in [6.07, 6.45) is -1.93. The third kappa shape index (κ3) is 5.65. The Kier molecular flexibility index (Phi) is 7.43. The number of nitrogens with two attached hydrogens (primary N) is 1. The molecular weight excluding hydrogens is 487 g/mol. The summed E-state index contributed by atoms with van der Waals surface area (Å²) in [5.41, 5.74) is 5.53. The number of para-hydroxylation sites is 1. The van der Waals surface area contributed by atoms with Gasteiger partial charge in [-0.15, -0.1) is 0 Å². The molecule has 1 aromatic carbocycles. The summed E-state index contributed by atoms with van der Waals surface area (Å²) in [4.78, 5) is 19.0. The predicted molar refractivity (Wildman–Crippen MR) is 122 cm³/mol. The third-order valence-corrected chi connectivity index (χ3v) is 7.45. The van der Waals surface area contributed by atoms with Crippen molar-refractivity contribution in [1.82, 2.24) is 14.9 Å². The van der Waals surface area contributed by atoms with E-state index in [1.54, 1.807) is 25.2 Å². The molecular formula is C21H28F2N5O6P. The highest BCUT2D eigenvalue weighted by Crippen LogP contribution is 2.47. The molecule has 2 fully saturated rings. The van der Waals surface area contributed by atoms with Gasteiger partial charge in [0.15, 0.2) is 12.3 Å². The molecule has 1 aromatic rings. The molecule has 0 aromatic heterocycles. The lowest BCUT2D eigenvalue weighted by Crippen LogP contribution is -2.49. The normalized spacial score (nSPS) is 30.2. The number of piperidine rings is 1. The van der Waals surface area contributed by atoms with E-state index in [9.17, 15) is 23.2 Å². The van der Waals surface area contributed by atoms with Crippen LogP contribution in [0.25, 0.3) is 0 Å². The number of benzene rings is 1. The van der Waals surface area contributed by atoms with Crippen LogP contribution in [0.4, 0.5) is 8.78 Å². The molecule has 3 heterocycles. The van der Waals surface area contributed by atoms with Gasteiger partial charge in [0.1, 0.15) is 24.4 Å². The van der Waals surface area contributed by atoms with Gasteiger partial charge in [0.05, 0.1) is 12.6 Å². The molecule has 5 atom stereocenters. The molecule has 35 heavy (non-hydrogen) atoms. The summed E-state index contributed by atoms with van der Waals surface area (Å²) in [6.45, 7) is -0.317. The fourth-order valence-corrected chi connectivity index (χ4v) is 5.51. The molecule has 0 aliphatic carbocycles. The molecule has 0 radical (unpaired) electrons. The second-order valence-electron chi connectivity index (χ2n) is 8.48. The molecule has 0 bridgehead atoms.